The Morgan fingerprint density at radius 3 is 1.47 bits per heavy atom. The van der Waals surface area contributed by atoms with Gasteiger partial charge in [0.15, 0.2) is 0 Å². The minimum absolute atomic E-state index is 0.581. The molecule has 2 nitrogen and oxygen atoms in total. The molecule has 7 aromatic carbocycles. The maximum Gasteiger partial charge on any atom is 0.132 e. The molecule has 2 heterocycles. The number of hydrogen-bond acceptors (Lipinski definition) is 2. The van der Waals surface area contributed by atoms with Crippen molar-refractivity contribution in [2.24, 2.45) is 0 Å². The van der Waals surface area contributed by atoms with Gasteiger partial charge in [0.05, 0.1) is 16.8 Å². The van der Waals surface area contributed by atoms with Crippen LogP contribution in [0.2, 0.25) is 0 Å². The van der Waals surface area contributed by atoms with E-state index in [1.807, 2.05) is 0 Å². The van der Waals surface area contributed by atoms with Crippen LogP contribution in [-0.4, -0.2) is 0 Å². The van der Waals surface area contributed by atoms with E-state index < -0.39 is 5.41 Å². The zero-order chi connectivity index (χ0) is 29.8. The fourth-order valence-electron chi connectivity index (χ4n) is 7.39. The van der Waals surface area contributed by atoms with Crippen molar-refractivity contribution >= 4 is 17.1 Å². The molecule has 0 atom stereocenters. The highest BCUT2D eigenvalue weighted by Gasteiger charge is 2.51. The summed E-state index contributed by atoms with van der Waals surface area (Å²) >= 11 is 0. The summed E-state index contributed by atoms with van der Waals surface area (Å²) in [6, 6.07) is 63.2. The highest BCUT2D eigenvalue weighted by atomic mass is 16.5. The molecule has 0 saturated carbocycles. The first kappa shape index (κ1) is 25.6. The third kappa shape index (κ3) is 3.82. The predicted octanol–water partition coefficient (Wildman–Crippen LogP) is 11.3. The summed E-state index contributed by atoms with van der Waals surface area (Å²) in [5.74, 6) is 1.78. The van der Waals surface area contributed by atoms with Gasteiger partial charge in [0, 0.05) is 16.8 Å². The fourth-order valence-corrected chi connectivity index (χ4v) is 7.39. The number of ether oxygens (including phenoxy) is 1. The lowest BCUT2D eigenvalue weighted by molar-refractivity contribution is 0.434. The number of para-hydroxylation sites is 3. The minimum Gasteiger partial charge on any atom is -0.457 e. The van der Waals surface area contributed by atoms with Crippen LogP contribution >= 0.6 is 0 Å². The van der Waals surface area contributed by atoms with Gasteiger partial charge in [0.25, 0.3) is 0 Å². The fraction of sp³-hybridized carbons (Fsp3) is 0.0233. The zero-order valence-electron chi connectivity index (χ0n) is 24.6. The van der Waals surface area contributed by atoms with Crippen LogP contribution < -0.4 is 9.64 Å². The summed E-state index contributed by atoms with van der Waals surface area (Å²) in [6.45, 7) is 0. The molecule has 45 heavy (non-hydrogen) atoms. The van der Waals surface area contributed by atoms with Crippen LogP contribution in [0.4, 0.5) is 17.1 Å². The summed E-state index contributed by atoms with van der Waals surface area (Å²) in [6.07, 6.45) is 0. The highest BCUT2D eigenvalue weighted by molar-refractivity contribution is 5.92. The Kier molecular flexibility index (Phi) is 5.76. The number of benzene rings is 7. The number of fused-ring (bicyclic) bond motifs is 8. The van der Waals surface area contributed by atoms with E-state index >= 15 is 0 Å². The average Bonchev–Trinajstić information content (AvgIpc) is 3.12. The van der Waals surface area contributed by atoms with E-state index in [-0.39, 0.29) is 0 Å². The van der Waals surface area contributed by atoms with Gasteiger partial charge in [-0.2, -0.15) is 0 Å². The lowest BCUT2D eigenvalue weighted by Gasteiger charge is -2.48. The molecule has 212 valence electrons. The van der Waals surface area contributed by atoms with Crippen molar-refractivity contribution < 1.29 is 4.74 Å². The van der Waals surface area contributed by atoms with Crippen molar-refractivity contribution in [1.29, 1.82) is 0 Å². The van der Waals surface area contributed by atoms with Crippen LogP contribution in [0.3, 0.4) is 0 Å². The smallest absolute Gasteiger partial charge is 0.132 e. The summed E-state index contributed by atoms with van der Waals surface area (Å²) in [5.41, 5.74) is 12.4. The van der Waals surface area contributed by atoms with Gasteiger partial charge >= 0.3 is 0 Å². The highest BCUT2D eigenvalue weighted by Crippen LogP contribution is 2.63. The number of anilines is 3. The largest absolute Gasteiger partial charge is 0.457 e. The van der Waals surface area contributed by atoms with Crippen LogP contribution in [0.25, 0.3) is 22.3 Å². The van der Waals surface area contributed by atoms with Crippen molar-refractivity contribution in [3.63, 3.8) is 0 Å². The van der Waals surface area contributed by atoms with Gasteiger partial charge in [-0.1, -0.05) is 133 Å². The standard InChI is InChI=1S/C43H29NO/c1-3-13-30(14-4-1)32-23-26-34(27-24-32)44-39-20-10-7-17-35(39)43(38-29-33(25-28-40(38)44)31-15-5-2-6-16-31)36-18-8-11-21-41(36)45-42-22-12-9-19-37(42)43/h1-29H. The quantitative estimate of drug-likeness (QED) is 0.208. The third-order valence-electron chi connectivity index (χ3n) is 9.33. The first-order valence-electron chi connectivity index (χ1n) is 15.4. The molecule has 0 amide bonds. The molecule has 0 radical (unpaired) electrons. The normalized spacial score (nSPS) is 13.6. The number of nitrogens with zero attached hydrogens (tertiary/aromatic N) is 1. The Morgan fingerprint density at radius 1 is 0.356 bits per heavy atom. The average molecular weight is 576 g/mol. The van der Waals surface area contributed by atoms with Crippen molar-refractivity contribution in [3.8, 4) is 33.8 Å². The van der Waals surface area contributed by atoms with E-state index in [2.05, 4.69) is 181 Å². The molecule has 2 aliphatic rings. The van der Waals surface area contributed by atoms with Crippen molar-refractivity contribution in [1.82, 2.24) is 0 Å². The molecule has 2 aliphatic heterocycles. The van der Waals surface area contributed by atoms with Crippen molar-refractivity contribution in [3.05, 3.63) is 198 Å². The molecule has 7 aromatic rings. The second-order valence-electron chi connectivity index (χ2n) is 11.7. The van der Waals surface area contributed by atoms with E-state index in [9.17, 15) is 0 Å². The Bertz CT molecular complexity index is 2140. The Hall–Kier alpha value is -5.86. The molecule has 0 saturated heterocycles. The van der Waals surface area contributed by atoms with Crippen LogP contribution in [0.15, 0.2) is 176 Å². The molecular formula is C43H29NO. The van der Waals surface area contributed by atoms with Gasteiger partial charge in [-0.25, -0.2) is 0 Å². The number of rotatable bonds is 3. The Balaban J connectivity index is 1.36. The van der Waals surface area contributed by atoms with E-state index in [0.29, 0.717) is 0 Å². The van der Waals surface area contributed by atoms with Gasteiger partial charge in [-0.3, -0.25) is 0 Å². The molecule has 0 aromatic heterocycles. The maximum absolute atomic E-state index is 6.60. The van der Waals surface area contributed by atoms with Gasteiger partial charge in [0.1, 0.15) is 11.5 Å². The molecule has 9 rings (SSSR count). The van der Waals surface area contributed by atoms with Crippen LogP contribution in [0.1, 0.15) is 22.3 Å². The van der Waals surface area contributed by atoms with Crippen LogP contribution in [0.5, 0.6) is 11.5 Å². The van der Waals surface area contributed by atoms with Gasteiger partial charge in [-0.15, -0.1) is 0 Å². The molecule has 2 heteroatoms. The monoisotopic (exact) mass is 575 g/mol. The molecule has 0 fully saturated rings. The van der Waals surface area contributed by atoms with Crippen LogP contribution in [0, 0.1) is 0 Å². The molecule has 1 spiro atoms. The second-order valence-corrected chi connectivity index (χ2v) is 11.7. The lowest BCUT2D eigenvalue weighted by Crippen LogP contribution is -2.39. The third-order valence-corrected chi connectivity index (χ3v) is 9.33. The molecule has 0 bridgehead atoms. The summed E-state index contributed by atoms with van der Waals surface area (Å²) in [5, 5.41) is 0. The SMILES string of the molecule is c1ccc(-c2ccc(N3c4ccccc4C4(c5ccccc5Oc5ccccc54)c4cc(-c5ccccc5)ccc43)cc2)cc1. The van der Waals surface area contributed by atoms with E-state index in [1.54, 1.807) is 0 Å². The Morgan fingerprint density at radius 2 is 0.822 bits per heavy atom. The summed E-state index contributed by atoms with van der Waals surface area (Å²) in [7, 11) is 0. The first-order valence-corrected chi connectivity index (χ1v) is 15.4. The van der Waals surface area contributed by atoms with Crippen molar-refractivity contribution in [2.75, 3.05) is 4.90 Å². The topological polar surface area (TPSA) is 12.5 Å². The van der Waals surface area contributed by atoms with Gasteiger partial charge < -0.3 is 9.64 Å². The summed E-state index contributed by atoms with van der Waals surface area (Å²) < 4.78 is 6.60. The van der Waals surface area contributed by atoms with Crippen LogP contribution in [-0.2, 0) is 5.41 Å². The number of hydrogen-bond donors (Lipinski definition) is 0. The van der Waals surface area contributed by atoms with E-state index in [0.717, 1.165) is 39.7 Å². The van der Waals surface area contributed by atoms with Gasteiger partial charge in [-0.05, 0) is 75.8 Å². The minimum atomic E-state index is -0.581. The molecule has 0 aliphatic carbocycles. The summed E-state index contributed by atoms with van der Waals surface area (Å²) in [4.78, 5) is 2.43. The second kappa shape index (κ2) is 10.1. The zero-order valence-corrected chi connectivity index (χ0v) is 24.6. The molecule has 0 N–H and O–H groups in total. The first-order chi connectivity index (χ1) is 22.3. The Labute approximate surface area is 263 Å². The molecular weight excluding hydrogens is 546 g/mol. The lowest BCUT2D eigenvalue weighted by atomic mass is 9.61. The van der Waals surface area contributed by atoms with E-state index in [1.165, 1.54) is 33.4 Å². The van der Waals surface area contributed by atoms with Gasteiger partial charge in [0.2, 0.25) is 0 Å². The maximum atomic E-state index is 6.60. The van der Waals surface area contributed by atoms with Crippen molar-refractivity contribution in [2.45, 2.75) is 5.41 Å². The molecule has 0 unspecified atom stereocenters. The predicted molar refractivity (Wildman–Crippen MR) is 184 cm³/mol. The van der Waals surface area contributed by atoms with E-state index in [4.69, 9.17) is 4.74 Å².